The topological polar surface area (TPSA) is 31.2 Å². The van der Waals surface area contributed by atoms with Crippen molar-refractivity contribution in [3.05, 3.63) is 76.9 Å². The third-order valence-electron chi connectivity index (χ3n) is 6.11. The number of ether oxygens (including phenoxy) is 1. The van der Waals surface area contributed by atoms with Crippen LogP contribution in [0.1, 0.15) is 53.7 Å². The smallest absolute Gasteiger partial charge is 0.343 e. The van der Waals surface area contributed by atoms with Crippen molar-refractivity contribution in [2.24, 2.45) is 0 Å². The molecule has 4 aromatic rings. The van der Waals surface area contributed by atoms with Crippen LogP contribution in [0.2, 0.25) is 0 Å². The van der Waals surface area contributed by atoms with E-state index in [0.29, 0.717) is 5.56 Å². The van der Waals surface area contributed by atoms with E-state index in [1.165, 1.54) is 27.4 Å². The van der Waals surface area contributed by atoms with Gasteiger partial charge in [0.2, 0.25) is 0 Å². The molecule has 0 aliphatic rings. The lowest BCUT2D eigenvalue weighted by Gasteiger charge is -2.19. The summed E-state index contributed by atoms with van der Waals surface area (Å²) in [6, 6.07) is 17.8. The van der Waals surface area contributed by atoms with E-state index in [0.717, 1.165) is 42.7 Å². The van der Waals surface area contributed by atoms with Gasteiger partial charge in [-0.1, -0.05) is 49.7 Å². The van der Waals surface area contributed by atoms with Crippen LogP contribution in [0, 0.1) is 13.8 Å². The van der Waals surface area contributed by atoms with E-state index in [2.05, 4.69) is 56.5 Å². The molecule has 0 amide bonds. The van der Waals surface area contributed by atoms with Gasteiger partial charge in [0.25, 0.3) is 0 Å². The van der Waals surface area contributed by atoms with Gasteiger partial charge in [-0.3, -0.25) is 0 Å². The maximum absolute atomic E-state index is 12.9. The van der Waals surface area contributed by atoms with Crippen LogP contribution in [-0.2, 0) is 13.0 Å². The maximum Gasteiger partial charge on any atom is 0.343 e. The minimum atomic E-state index is -0.297. The monoisotopic (exact) mass is 399 g/mol. The zero-order chi connectivity index (χ0) is 21.3. The van der Waals surface area contributed by atoms with Crippen LogP contribution in [0.15, 0.2) is 54.6 Å². The summed E-state index contributed by atoms with van der Waals surface area (Å²) >= 11 is 0. The summed E-state index contributed by atoms with van der Waals surface area (Å²) < 4.78 is 8.47. The lowest BCUT2D eigenvalue weighted by Crippen LogP contribution is -2.12. The van der Waals surface area contributed by atoms with Crippen molar-refractivity contribution in [3.63, 3.8) is 0 Å². The number of rotatable bonds is 6. The van der Waals surface area contributed by atoms with E-state index in [-0.39, 0.29) is 5.97 Å². The largest absolute Gasteiger partial charge is 0.422 e. The molecule has 3 heteroatoms. The zero-order valence-corrected chi connectivity index (χ0v) is 18.3. The van der Waals surface area contributed by atoms with Crippen LogP contribution >= 0.6 is 0 Å². The Morgan fingerprint density at radius 3 is 2.33 bits per heavy atom. The second-order valence-corrected chi connectivity index (χ2v) is 7.90. The van der Waals surface area contributed by atoms with Gasteiger partial charge >= 0.3 is 5.97 Å². The van der Waals surface area contributed by atoms with E-state index in [1.807, 2.05) is 18.2 Å². The SMILES string of the molecule is CCCCc1c(OC(=O)c2ccccc2)c(C)c(C)c2c3ccccc3n(CC)c12. The molecule has 0 aliphatic heterocycles. The number of para-hydroxylation sites is 1. The van der Waals surface area contributed by atoms with E-state index < -0.39 is 0 Å². The highest BCUT2D eigenvalue weighted by Crippen LogP contribution is 2.41. The molecular formula is C27H29NO2. The van der Waals surface area contributed by atoms with Crippen LogP contribution < -0.4 is 4.74 Å². The molecule has 30 heavy (non-hydrogen) atoms. The minimum absolute atomic E-state index is 0.297. The molecule has 0 spiro atoms. The van der Waals surface area contributed by atoms with Crippen LogP contribution in [0.5, 0.6) is 5.75 Å². The summed E-state index contributed by atoms with van der Waals surface area (Å²) in [4.78, 5) is 12.9. The number of fused-ring (bicyclic) bond motifs is 3. The molecule has 0 aliphatic carbocycles. The minimum Gasteiger partial charge on any atom is -0.422 e. The number of esters is 1. The van der Waals surface area contributed by atoms with Crippen molar-refractivity contribution < 1.29 is 9.53 Å². The van der Waals surface area contributed by atoms with E-state index in [4.69, 9.17) is 4.74 Å². The first-order valence-electron chi connectivity index (χ1n) is 10.9. The summed E-state index contributed by atoms with van der Waals surface area (Å²) in [5.74, 6) is 0.439. The maximum atomic E-state index is 12.9. The second-order valence-electron chi connectivity index (χ2n) is 7.90. The molecule has 0 fully saturated rings. The zero-order valence-electron chi connectivity index (χ0n) is 18.3. The van der Waals surface area contributed by atoms with Gasteiger partial charge in [-0.15, -0.1) is 0 Å². The Morgan fingerprint density at radius 2 is 1.63 bits per heavy atom. The molecule has 4 rings (SSSR count). The number of unbranched alkanes of at least 4 members (excludes halogenated alkanes) is 1. The molecule has 0 N–H and O–H groups in total. The van der Waals surface area contributed by atoms with Crippen LogP contribution in [0.4, 0.5) is 0 Å². The van der Waals surface area contributed by atoms with E-state index >= 15 is 0 Å². The second kappa shape index (κ2) is 8.35. The molecule has 0 saturated carbocycles. The highest BCUT2D eigenvalue weighted by atomic mass is 16.5. The molecule has 0 saturated heterocycles. The highest BCUT2D eigenvalue weighted by Gasteiger charge is 2.23. The fourth-order valence-corrected chi connectivity index (χ4v) is 4.47. The summed E-state index contributed by atoms with van der Waals surface area (Å²) in [6.45, 7) is 9.48. The highest BCUT2D eigenvalue weighted by molar-refractivity contribution is 6.12. The molecule has 0 radical (unpaired) electrons. The molecular weight excluding hydrogens is 370 g/mol. The van der Waals surface area contributed by atoms with Crippen molar-refractivity contribution in [1.29, 1.82) is 0 Å². The first kappa shape index (κ1) is 20.2. The Balaban J connectivity index is 2.01. The van der Waals surface area contributed by atoms with E-state index in [1.54, 1.807) is 12.1 Å². The molecule has 0 bridgehead atoms. The third kappa shape index (κ3) is 3.28. The van der Waals surface area contributed by atoms with Gasteiger partial charge in [0.1, 0.15) is 5.75 Å². The summed E-state index contributed by atoms with van der Waals surface area (Å²) in [5, 5.41) is 2.56. The first-order chi connectivity index (χ1) is 14.6. The summed E-state index contributed by atoms with van der Waals surface area (Å²) in [5.41, 5.74) is 6.42. The van der Waals surface area contributed by atoms with Crippen molar-refractivity contribution >= 4 is 27.8 Å². The van der Waals surface area contributed by atoms with Crippen molar-refractivity contribution in [2.45, 2.75) is 53.5 Å². The van der Waals surface area contributed by atoms with Crippen LogP contribution in [-0.4, -0.2) is 10.5 Å². The number of carbonyl (C=O) groups is 1. The standard InChI is InChI=1S/C27H29NO2/c1-5-7-15-22-25-24(21-16-11-12-17-23(21)28(25)6-2)18(3)19(4)26(22)30-27(29)20-13-9-8-10-14-20/h8-14,16-17H,5-7,15H2,1-4H3. The quantitative estimate of drug-likeness (QED) is 0.258. The number of aryl methyl sites for hydroxylation is 3. The van der Waals surface area contributed by atoms with E-state index in [9.17, 15) is 4.79 Å². The lowest BCUT2D eigenvalue weighted by molar-refractivity contribution is 0.0732. The number of hydrogen-bond donors (Lipinski definition) is 0. The van der Waals surface area contributed by atoms with Gasteiger partial charge < -0.3 is 9.30 Å². The Labute approximate surface area is 178 Å². The van der Waals surface area contributed by atoms with Crippen LogP contribution in [0.3, 0.4) is 0 Å². The fourth-order valence-electron chi connectivity index (χ4n) is 4.47. The number of aromatic nitrogens is 1. The first-order valence-corrected chi connectivity index (χ1v) is 10.9. The fraction of sp³-hybridized carbons (Fsp3) is 0.296. The average Bonchev–Trinajstić information content (AvgIpc) is 3.11. The van der Waals surface area contributed by atoms with Crippen LogP contribution in [0.25, 0.3) is 21.8 Å². The molecule has 0 atom stereocenters. The normalized spacial score (nSPS) is 11.3. The predicted octanol–water partition coefficient (Wildman–Crippen LogP) is 6.99. The molecule has 3 aromatic carbocycles. The number of hydrogen-bond acceptors (Lipinski definition) is 2. The van der Waals surface area contributed by atoms with Crippen molar-refractivity contribution in [1.82, 2.24) is 4.57 Å². The van der Waals surface area contributed by atoms with Gasteiger partial charge in [-0.25, -0.2) is 4.79 Å². The average molecular weight is 400 g/mol. The Hall–Kier alpha value is -3.07. The lowest BCUT2D eigenvalue weighted by atomic mass is 9.94. The molecule has 154 valence electrons. The van der Waals surface area contributed by atoms with Gasteiger partial charge in [0.15, 0.2) is 0 Å². The van der Waals surface area contributed by atoms with Crippen molar-refractivity contribution in [3.8, 4) is 5.75 Å². The van der Waals surface area contributed by atoms with Gasteiger partial charge in [-0.05, 0) is 62.9 Å². The molecule has 1 aromatic heterocycles. The number of nitrogens with zero attached hydrogens (tertiary/aromatic N) is 1. The molecule has 1 heterocycles. The Bertz CT molecular complexity index is 1220. The summed E-state index contributed by atoms with van der Waals surface area (Å²) in [7, 11) is 0. The third-order valence-corrected chi connectivity index (χ3v) is 6.11. The predicted molar refractivity (Wildman–Crippen MR) is 125 cm³/mol. The van der Waals surface area contributed by atoms with Gasteiger partial charge in [-0.2, -0.15) is 0 Å². The Kier molecular flexibility index (Phi) is 5.63. The van der Waals surface area contributed by atoms with Crippen molar-refractivity contribution in [2.75, 3.05) is 0 Å². The van der Waals surface area contributed by atoms with Gasteiger partial charge in [0, 0.05) is 28.4 Å². The molecule has 0 unspecified atom stereocenters. The summed E-state index contributed by atoms with van der Waals surface area (Å²) in [6.07, 6.45) is 3.04. The van der Waals surface area contributed by atoms with Gasteiger partial charge in [0.05, 0.1) is 11.1 Å². The Morgan fingerprint density at radius 1 is 0.933 bits per heavy atom. The molecule has 3 nitrogen and oxygen atoms in total. The number of benzene rings is 3. The number of carbonyl (C=O) groups excluding carboxylic acids is 1.